The molecule has 0 amide bonds. The van der Waals surface area contributed by atoms with Crippen molar-refractivity contribution in [1.29, 1.82) is 0 Å². The molecule has 0 spiro atoms. The molecule has 1 saturated heterocycles. The monoisotopic (exact) mass is 198 g/mol. The summed E-state index contributed by atoms with van der Waals surface area (Å²) in [5.74, 6) is 0.826. The van der Waals surface area contributed by atoms with E-state index in [1.807, 2.05) is 0 Å². The van der Waals surface area contributed by atoms with E-state index in [4.69, 9.17) is 17.0 Å². The Kier molecular flexibility index (Phi) is 2.51. The van der Waals surface area contributed by atoms with Crippen LogP contribution in [-0.4, -0.2) is 41.5 Å². The largest absolute Gasteiger partial charge is 0.378 e. The second-order valence-corrected chi connectivity index (χ2v) is 3.13. The van der Waals surface area contributed by atoms with Crippen LogP contribution in [0, 0.1) is 4.77 Å². The molecule has 0 radical (unpaired) electrons. The molecule has 0 unspecified atom stereocenters. The van der Waals surface area contributed by atoms with Gasteiger partial charge in [0.1, 0.15) is 0 Å². The zero-order chi connectivity index (χ0) is 9.10. The predicted molar refractivity (Wildman–Crippen MR) is 50.2 cm³/mol. The average molecular weight is 198 g/mol. The lowest BCUT2D eigenvalue weighted by molar-refractivity contribution is 0.122. The molecule has 13 heavy (non-hydrogen) atoms. The van der Waals surface area contributed by atoms with E-state index >= 15 is 0 Å². The van der Waals surface area contributed by atoms with E-state index in [0.717, 1.165) is 32.1 Å². The molecule has 1 fully saturated rings. The molecule has 1 aliphatic rings. The molecule has 0 aliphatic carbocycles. The molecule has 2 rings (SSSR count). The number of nitrogens with zero attached hydrogens (tertiary/aromatic N) is 3. The van der Waals surface area contributed by atoms with E-state index in [2.05, 4.69) is 20.1 Å². The minimum atomic E-state index is 0.420. The van der Waals surface area contributed by atoms with Crippen LogP contribution in [0.5, 0.6) is 0 Å². The Morgan fingerprint density at radius 2 is 2.23 bits per heavy atom. The van der Waals surface area contributed by atoms with Gasteiger partial charge in [0.25, 0.3) is 0 Å². The topological polar surface area (TPSA) is 54.0 Å². The molecule has 6 heteroatoms. The standard InChI is InChI=1S/C7H10N4OS/c13-7-9-6(5-8-10-7)11-1-3-12-4-2-11/h5H,1-4H2,(H,9,10,13). The molecular weight excluding hydrogens is 188 g/mol. The van der Waals surface area contributed by atoms with Crippen molar-refractivity contribution in [1.82, 2.24) is 15.2 Å². The van der Waals surface area contributed by atoms with Gasteiger partial charge in [0.2, 0.25) is 4.77 Å². The summed E-state index contributed by atoms with van der Waals surface area (Å²) in [6.45, 7) is 3.20. The summed E-state index contributed by atoms with van der Waals surface area (Å²) < 4.78 is 5.65. The smallest absolute Gasteiger partial charge is 0.215 e. The fourth-order valence-electron chi connectivity index (χ4n) is 1.25. The predicted octanol–water partition coefficient (Wildman–Crippen LogP) is 0.371. The van der Waals surface area contributed by atoms with Crippen molar-refractivity contribution in [3.8, 4) is 0 Å². The summed E-state index contributed by atoms with van der Waals surface area (Å²) in [5, 5.41) is 6.49. The van der Waals surface area contributed by atoms with Crippen molar-refractivity contribution < 1.29 is 4.74 Å². The van der Waals surface area contributed by atoms with Crippen molar-refractivity contribution in [3.63, 3.8) is 0 Å². The number of rotatable bonds is 1. The fraction of sp³-hybridized carbons (Fsp3) is 0.571. The van der Waals surface area contributed by atoms with Gasteiger partial charge in [0.05, 0.1) is 19.4 Å². The van der Waals surface area contributed by atoms with Crippen LogP contribution in [0.4, 0.5) is 5.82 Å². The Morgan fingerprint density at radius 1 is 1.46 bits per heavy atom. The minimum Gasteiger partial charge on any atom is -0.378 e. The summed E-state index contributed by atoms with van der Waals surface area (Å²) in [6.07, 6.45) is 1.68. The Hall–Kier alpha value is -1.01. The lowest BCUT2D eigenvalue weighted by Crippen LogP contribution is -2.36. The number of hydrogen-bond acceptors (Lipinski definition) is 5. The van der Waals surface area contributed by atoms with Crippen LogP contribution in [0.3, 0.4) is 0 Å². The first-order valence-electron chi connectivity index (χ1n) is 4.11. The molecule has 1 N–H and O–H groups in total. The fourth-order valence-corrected chi connectivity index (χ4v) is 1.39. The van der Waals surface area contributed by atoms with Gasteiger partial charge in [-0.25, -0.2) is 0 Å². The van der Waals surface area contributed by atoms with Crippen molar-refractivity contribution in [2.75, 3.05) is 31.2 Å². The number of H-pyrrole nitrogens is 1. The number of aromatic nitrogens is 3. The molecule has 1 aromatic rings. The van der Waals surface area contributed by atoms with Crippen LogP contribution in [0.2, 0.25) is 0 Å². The van der Waals surface area contributed by atoms with Crippen molar-refractivity contribution >= 4 is 18.0 Å². The van der Waals surface area contributed by atoms with Crippen LogP contribution in [0.1, 0.15) is 0 Å². The van der Waals surface area contributed by atoms with Gasteiger partial charge in [-0.1, -0.05) is 0 Å². The van der Waals surface area contributed by atoms with E-state index in [-0.39, 0.29) is 0 Å². The molecule has 2 heterocycles. The lowest BCUT2D eigenvalue weighted by Gasteiger charge is -2.27. The molecule has 5 nitrogen and oxygen atoms in total. The lowest BCUT2D eigenvalue weighted by atomic mass is 10.4. The van der Waals surface area contributed by atoms with Crippen molar-refractivity contribution in [3.05, 3.63) is 11.0 Å². The second-order valence-electron chi connectivity index (χ2n) is 2.74. The second kappa shape index (κ2) is 3.80. The zero-order valence-electron chi connectivity index (χ0n) is 7.06. The molecule has 0 aromatic carbocycles. The maximum atomic E-state index is 5.23. The number of ether oxygens (including phenoxy) is 1. The van der Waals surface area contributed by atoms with E-state index in [1.165, 1.54) is 0 Å². The molecule has 0 saturated carbocycles. The Balaban J connectivity index is 2.19. The van der Waals surface area contributed by atoms with Crippen LogP contribution < -0.4 is 4.90 Å². The van der Waals surface area contributed by atoms with Crippen LogP contribution in [0.15, 0.2) is 6.20 Å². The first kappa shape index (κ1) is 8.58. The van der Waals surface area contributed by atoms with Crippen LogP contribution >= 0.6 is 12.2 Å². The maximum absolute atomic E-state index is 5.23. The SMILES string of the molecule is S=c1nc(N2CCOCC2)cn[nH]1. The third-order valence-electron chi connectivity index (χ3n) is 1.89. The Morgan fingerprint density at radius 3 is 2.92 bits per heavy atom. The highest BCUT2D eigenvalue weighted by Crippen LogP contribution is 2.08. The third-order valence-corrected chi connectivity index (χ3v) is 2.07. The van der Waals surface area contributed by atoms with E-state index in [0.29, 0.717) is 4.77 Å². The number of hydrogen-bond donors (Lipinski definition) is 1. The number of nitrogens with one attached hydrogen (secondary N) is 1. The number of aromatic amines is 1. The highest BCUT2D eigenvalue weighted by Gasteiger charge is 2.11. The van der Waals surface area contributed by atoms with E-state index in [9.17, 15) is 0 Å². The summed E-state index contributed by atoms with van der Waals surface area (Å²) in [4.78, 5) is 6.28. The molecular formula is C7H10N4OS. The van der Waals surface area contributed by atoms with Gasteiger partial charge in [0, 0.05) is 13.1 Å². The van der Waals surface area contributed by atoms with E-state index in [1.54, 1.807) is 6.20 Å². The third kappa shape index (κ3) is 2.02. The molecule has 0 atom stereocenters. The van der Waals surface area contributed by atoms with E-state index < -0.39 is 0 Å². The normalized spacial score (nSPS) is 17.4. The van der Waals surface area contributed by atoms with Gasteiger partial charge in [-0.05, 0) is 12.2 Å². The van der Waals surface area contributed by atoms with Crippen molar-refractivity contribution in [2.24, 2.45) is 0 Å². The molecule has 1 aromatic heterocycles. The quantitative estimate of drug-likeness (QED) is 0.661. The Labute approximate surface area is 80.7 Å². The van der Waals surface area contributed by atoms with Gasteiger partial charge in [-0.2, -0.15) is 10.1 Å². The molecule has 1 aliphatic heterocycles. The number of morpholine rings is 1. The number of anilines is 1. The van der Waals surface area contributed by atoms with Gasteiger partial charge >= 0.3 is 0 Å². The maximum Gasteiger partial charge on any atom is 0.215 e. The van der Waals surface area contributed by atoms with Crippen molar-refractivity contribution in [2.45, 2.75) is 0 Å². The van der Waals surface area contributed by atoms with Gasteiger partial charge < -0.3 is 9.64 Å². The van der Waals surface area contributed by atoms with Gasteiger partial charge in [-0.3, -0.25) is 5.10 Å². The van der Waals surface area contributed by atoms with Crippen LogP contribution in [0.25, 0.3) is 0 Å². The summed E-state index contributed by atoms with van der Waals surface area (Å²) in [7, 11) is 0. The van der Waals surface area contributed by atoms with Gasteiger partial charge in [0.15, 0.2) is 5.82 Å². The molecule has 0 bridgehead atoms. The summed E-state index contributed by atoms with van der Waals surface area (Å²) in [5.41, 5.74) is 0. The minimum absolute atomic E-state index is 0.420. The first-order valence-corrected chi connectivity index (χ1v) is 4.51. The highest BCUT2D eigenvalue weighted by atomic mass is 32.1. The average Bonchev–Trinajstić information content (AvgIpc) is 2.19. The summed E-state index contributed by atoms with van der Waals surface area (Å²) in [6, 6.07) is 0. The first-order chi connectivity index (χ1) is 6.36. The summed E-state index contributed by atoms with van der Waals surface area (Å²) >= 11 is 4.88. The molecule has 70 valence electrons. The highest BCUT2D eigenvalue weighted by molar-refractivity contribution is 7.71. The Bertz CT molecular complexity index is 333. The van der Waals surface area contributed by atoms with Crippen LogP contribution in [-0.2, 0) is 4.74 Å². The zero-order valence-corrected chi connectivity index (χ0v) is 7.88. The van der Waals surface area contributed by atoms with Gasteiger partial charge in [-0.15, -0.1) is 0 Å².